The number of hydrogen-bond donors (Lipinski definition) is 2. The van der Waals surface area contributed by atoms with Crippen molar-refractivity contribution in [1.82, 2.24) is 16.1 Å². The summed E-state index contributed by atoms with van der Waals surface area (Å²) >= 11 is 0. The van der Waals surface area contributed by atoms with E-state index < -0.39 is 52.9 Å². The van der Waals surface area contributed by atoms with Gasteiger partial charge in [0.2, 0.25) is 0 Å². The first kappa shape index (κ1) is 29.1. The highest BCUT2D eigenvalue weighted by Gasteiger charge is 2.42. The number of hydrogen-bond acceptors (Lipinski definition) is 7. The van der Waals surface area contributed by atoms with Crippen LogP contribution in [-0.4, -0.2) is 43.8 Å². The molecule has 0 fully saturated rings. The Bertz CT molecular complexity index is 1280. The van der Waals surface area contributed by atoms with Crippen LogP contribution in [-0.2, 0) is 23.3 Å². The molecule has 0 aromatic heterocycles. The third-order valence-corrected chi connectivity index (χ3v) is 6.05. The summed E-state index contributed by atoms with van der Waals surface area (Å²) in [6.07, 6.45) is -16.1. The van der Waals surface area contributed by atoms with Crippen LogP contribution >= 0.6 is 0 Å². The summed E-state index contributed by atoms with van der Waals surface area (Å²) in [6.45, 7) is 0.938. The summed E-state index contributed by atoms with van der Waals surface area (Å²) in [4.78, 5) is 14.7. The molecule has 2 aromatic rings. The second-order valence-electron chi connectivity index (χ2n) is 8.75. The molecule has 8 nitrogen and oxygen atoms in total. The molecule has 218 valence electrons. The van der Waals surface area contributed by atoms with E-state index in [9.17, 15) is 44.3 Å². The summed E-state index contributed by atoms with van der Waals surface area (Å²) < 4.78 is 128. The molecule has 0 spiro atoms. The van der Waals surface area contributed by atoms with E-state index in [1.54, 1.807) is 0 Å². The number of fused-ring (bicyclic) bond motifs is 1. The van der Waals surface area contributed by atoms with Gasteiger partial charge in [0.15, 0.2) is 5.84 Å². The number of amides is 1. The maximum atomic E-state index is 13.7. The summed E-state index contributed by atoms with van der Waals surface area (Å²) in [7, 11) is 1.40. The van der Waals surface area contributed by atoms with Crippen LogP contribution in [0.2, 0.25) is 0 Å². The fourth-order valence-electron chi connectivity index (χ4n) is 4.36. The van der Waals surface area contributed by atoms with Crippen LogP contribution in [0.15, 0.2) is 41.5 Å². The summed E-state index contributed by atoms with van der Waals surface area (Å²) in [5, 5.41) is 5.07. The van der Waals surface area contributed by atoms with Crippen molar-refractivity contribution in [2.24, 2.45) is 5.10 Å². The maximum Gasteiger partial charge on any atom is 0.416 e. The molecule has 1 unspecified atom stereocenters. The van der Waals surface area contributed by atoms with Gasteiger partial charge in [-0.1, -0.05) is 0 Å². The van der Waals surface area contributed by atoms with Gasteiger partial charge in [-0.3, -0.25) is 10.3 Å². The number of ether oxygens (including phenoxy) is 1. The molecule has 1 atom stereocenters. The lowest BCUT2D eigenvalue weighted by molar-refractivity contribution is -0.143. The molecule has 0 radical (unpaired) electrons. The van der Waals surface area contributed by atoms with E-state index in [1.807, 2.05) is 0 Å². The van der Waals surface area contributed by atoms with Crippen LogP contribution < -0.4 is 20.8 Å². The molecule has 2 aliphatic heterocycles. The summed E-state index contributed by atoms with van der Waals surface area (Å²) in [5.74, 6) is -0.206. The van der Waals surface area contributed by atoms with E-state index in [0.29, 0.717) is 24.3 Å². The smallest absolute Gasteiger partial charge is 0.416 e. The Morgan fingerprint density at radius 1 is 0.900 bits per heavy atom. The van der Waals surface area contributed by atoms with Crippen LogP contribution in [0, 0.1) is 0 Å². The third kappa shape index (κ3) is 5.83. The Labute approximate surface area is 220 Å². The fraction of sp³-hybridized carbons (Fsp3) is 0.391. The lowest BCUT2D eigenvalue weighted by atomic mass is 9.96. The van der Waals surface area contributed by atoms with Crippen molar-refractivity contribution < 1.29 is 49.0 Å². The Hall–Kier alpha value is -3.89. The van der Waals surface area contributed by atoms with Crippen LogP contribution in [0.3, 0.4) is 0 Å². The zero-order valence-corrected chi connectivity index (χ0v) is 20.7. The number of rotatable bonds is 4. The zero-order valence-electron chi connectivity index (χ0n) is 20.7. The highest BCUT2D eigenvalue weighted by atomic mass is 19.4. The first-order valence-electron chi connectivity index (χ1n) is 11.6. The fourth-order valence-corrected chi connectivity index (χ4v) is 4.36. The predicted octanol–water partition coefficient (Wildman–Crippen LogP) is 5.54. The van der Waals surface area contributed by atoms with E-state index in [2.05, 4.69) is 16.1 Å². The second kappa shape index (κ2) is 10.3. The first-order valence-corrected chi connectivity index (χ1v) is 11.6. The number of amidine groups is 1. The Morgan fingerprint density at radius 2 is 1.50 bits per heavy atom. The van der Waals surface area contributed by atoms with Crippen molar-refractivity contribution >= 4 is 23.3 Å². The van der Waals surface area contributed by atoms with Crippen LogP contribution in [0.4, 0.5) is 55.7 Å². The van der Waals surface area contributed by atoms with Crippen molar-refractivity contribution in [1.29, 1.82) is 0 Å². The second-order valence-corrected chi connectivity index (χ2v) is 8.75. The standard InChI is InChI=1S/C23H21F9N6O2/c1-3-40-20(39)38-7-6-37(17-11-13(21(24,25)26)4-5-16(17)38)18(19-33-35-36(2)34-19)12-8-14(22(27,28)29)10-15(9-12)23(30,31)32/h4-5,8-11,18,35H,3,6-7H2,1-2H3,(H,33,34). The molecule has 0 aliphatic carbocycles. The number of benzene rings is 2. The average molecular weight is 584 g/mol. The van der Waals surface area contributed by atoms with Crippen molar-refractivity contribution in [2.45, 2.75) is 31.5 Å². The van der Waals surface area contributed by atoms with Gasteiger partial charge < -0.3 is 9.64 Å². The quantitative estimate of drug-likeness (QED) is 0.461. The molecule has 2 aromatic carbocycles. The number of alkyl halides is 9. The van der Waals surface area contributed by atoms with Gasteiger partial charge in [0.05, 0.1) is 34.7 Å². The molecular formula is C23H21F9N6O2. The van der Waals surface area contributed by atoms with Gasteiger partial charge in [-0.25, -0.2) is 10.3 Å². The third-order valence-electron chi connectivity index (χ3n) is 6.05. The number of nitrogens with one attached hydrogen (secondary N) is 2. The highest BCUT2D eigenvalue weighted by molar-refractivity contribution is 5.97. The minimum atomic E-state index is -5.18. The van der Waals surface area contributed by atoms with E-state index in [4.69, 9.17) is 4.74 Å². The molecule has 2 N–H and O–H groups in total. The molecule has 0 saturated heterocycles. The average Bonchev–Trinajstić information content (AvgIpc) is 3.27. The SMILES string of the molecule is CCOC(=O)N1CCN(C(C2=NNN(C)N2)c2cc(C(F)(F)F)cc(C(F)(F)F)c2)c2cc(C(F)(F)F)ccc21. The largest absolute Gasteiger partial charge is 0.449 e. The molecule has 0 saturated carbocycles. The molecule has 2 heterocycles. The maximum absolute atomic E-state index is 13.7. The van der Waals surface area contributed by atoms with Gasteiger partial charge in [-0.15, -0.1) is 10.2 Å². The molecular weight excluding hydrogens is 563 g/mol. The number of hydrazone groups is 1. The number of hydrazine groups is 2. The molecule has 2 aliphatic rings. The van der Waals surface area contributed by atoms with Crippen LogP contribution in [0.5, 0.6) is 0 Å². The normalized spacial score (nSPS) is 17.1. The van der Waals surface area contributed by atoms with E-state index in [-0.39, 0.29) is 43.0 Å². The van der Waals surface area contributed by atoms with Crippen molar-refractivity contribution in [3.63, 3.8) is 0 Å². The molecule has 0 bridgehead atoms. The van der Waals surface area contributed by atoms with Gasteiger partial charge >= 0.3 is 24.6 Å². The van der Waals surface area contributed by atoms with Gasteiger partial charge in [0, 0.05) is 20.1 Å². The van der Waals surface area contributed by atoms with Crippen LogP contribution in [0.25, 0.3) is 0 Å². The number of carbonyl (C=O) groups is 1. The summed E-state index contributed by atoms with van der Waals surface area (Å²) in [6, 6.07) is 1.69. The van der Waals surface area contributed by atoms with Gasteiger partial charge in [-0.2, -0.15) is 39.5 Å². The number of anilines is 2. The van der Waals surface area contributed by atoms with E-state index in [1.165, 1.54) is 14.0 Å². The Balaban J connectivity index is 1.96. The Morgan fingerprint density at radius 3 is 2.00 bits per heavy atom. The van der Waals surface area contributed by atoms with Crippen molar-refractivity contribution in [2.75, 3.05) is 36.5 Å². The number of halogens is 9. The van der Waals surface area contributed by atoms with Gasteiger partial charge in [0.1, 0.15) is 6.04 Å². The van der Waals surface area contributed by atoms with Gasteiger partial charge in [-0.05, 0) is 48.9 Å². The highest BCUT2D eigenvalue weighted by Crippen LogP contribution is 2.44. The predicted molar refractivity (Wildman–Crippen MR) is 124 cm³/mol. The monoisotopic (exact) mass is 584 g/mol. The van der Waals surface area contributed by atoms with Crippen molar-refractivity contribution in [3.8, 4) is 0 Å². The van der Waals surface area contributed by atoms with E-state index >= 15 is 0 Å². The summed E-state index contributed by atoms with van der Waals surface area (Å²) in [5.41, 5.74) is -0.257. The topological polar surface area (TPSA) is 72.4 Å². The Kier molecular flexibility index (Phi) is 7.46. The van der Waals surface area contributed by atoms with Gasteiger partial charge in [0.25, 0.3) is 0 Å². The first-order chi connectivity index (χ1) is 18.5. The molecule has 17 heteroatoms. The minimum absolute atomic E-state index is 0.0524. The van der Waals surface area contributed by atoms with E-state index in [0.717, 1.165) is 21.0 Å². The lowest BCUT2D eigenvalue weighted by Crippen LogP contribution is -2.50. The number of nitrogens with zero attached hydrogens (tertiary/aromatic N) is 4. The van der Waals surface area contributed by atoms with Crippen LogP contribution in [0.1, 0.15) is 35.2 Å². The molecule has 40 heavy (non-hydrogen) atoms. The molecule has 1 amide bonds. The zero-order chi connectivity index (χ0) is 29.6. The number of carbonyl (C=O) groups excluding carboxylic acids is 1. The molecule has 4 rings (SSSR count). The lowest BCUT2D eigenvalue weighted by Gasteiger charge is -2.42. The van der Waals surface area contributed by atoms with Crippen molar-refractivity contribution in [3.05, 3.63) is 58.7 Å². The minimum Gasteiger partial charge on any atom is -0.449 e.